The van der Waals surface area contributed by atoms with Crippen LogP contribution in [-0.2, 0) is 24.2 Å². The summed E-state index contributed by atoms with van der Waals surface area (Å²) in [6, 6.07) is 12.0. The lowest BCUT2D eigenvalue weighted by Gasteiger charge is -2.14. The first-order chi connectivity index (χ1) is 14.5. The lowest BCUT2D eigenvalue weighted by molar-refractivity contribution is -0.113. The minimum atomic E-state index is -0.0406. The second-order valence-corrected chi connectivity index (χ2v) is 8.36. The van der Waals surface area contributed by atoms with Crippen LogP contribution in [0.3, 0.4) is 0 Å². The number of benzene rings is 2. The number of nitrogens with one attached hydrogen (secondary N) is 1. The Balaban J connectivity index is 1.74. The van der Waals surface area contributed by atoms with Crippen LogP contribution in [-0.4, -0.2) is 26.4 Å². The van der Waals surface area contributed by atoms with Crippen molar-refractivity contribution in [1.82, 2.24) is 14.8 Å². The second-order valence-electron chi connectivity index (χ2n) is 7.01. The summed E-state index contributed by atoms with van der Waals surface area (Å²) < 4.78 is 2.01. The van der Waals surface area contributed by atoms with Crippen molar-refractivity contribution in [2.24, 2.45) is 0 Å². The smallest absolute Gasteiger partial charge is 0.234 e. The standard InChI is InChI=1S/C23H27ClN4OS/c1-5-16-9-8-10-17(6-2)21(16)25-20(29)14-30-23-27-26-22(28(23)7-3)18-12-11-15(4)19(24)13-18/h8-13H,5-7,14H2,1-4H3,(H,25,29). The molecule has 0 atom stereocenters. The third kappa shape index (κ3) is 4.87. The summed E-state index contributed by atoms with van der Waals surface area (Å²) >= 11 is 7.67. The molecule has 0 bridgehead atoms. The van der Waals surface area contributed by atoms with Crippen molar-refractivity contribution in [3.63, 3.8) is 0 Å². The maximum absolute atomic E-state index is 12.7. The highest BCUT2D eigenvalue weighted by molar-refractivity contribution is 7.99. The van der Waals surface area contributed by atoms with Gasteiger partial charge < -0.3 is 9.88 Å². The van der Waals surface area contributed by atoms with Gasteiger partial charge in [-0.3, -0.25) is 4.79 Å². The fourth-order valence-electron chi connectivity index (χ4n) is 3.33. The van der Waals surface area contributed by atoms with Gasteiger partial charge in [0.2, 0.25) is 5.91 Å². The molecule has 1 heterocycles. The minimum absolute atomic E-state index is 0.0406. The van der Waals surface area contributed by atoms with Crippen LogP contribution in [0.4, 0.5) is 5.69 Å². The van der Waals surface area contributed by atoms with E-state index in [4.69, 9.17) is 11.6 Å². The van der Waals surface area contributed by atoms with Crippen LogP contribution in [0, 0.1) is 6.92 Å². The molecule has 1 amide bonds. The number of aromatic nitrogens is 3. The normalized spacial score (nSPS) is 11.0. The number of halogens is 1. The van der Waals surface area contributed by atoms with Crippen molar-refractivity contribution in [3.8, 4) is 11.4 Å². The molecular weight excluding hydrogens is 416 g/mol. The van der Waals surface area contributed by atoms with Gasteiger partial charge in [0.25, 0.3) is 0 Å². The van der Waals surface area contributed by atoms with Gasteiger partial charge in [-0.05, 0) is 49.4 Å². The maximum atomic E-state index is 12.7. The van der Waals surface area contributed by atoms with Crippen LogP contribution >= 0.6 is 23.4 Å². The van der Waals surface area contributed by atoms with Crippen molar-refractivity contribution < 1.29 is 4.79 Å². The highest BCUT2D eigenvalue weighted by atomic mass is 35.5. The van der Waals surface area contributed by atoms with E-state index in [0.717, 1.165) is 51.8 Å². The van der Waals surface area contributed by atoms with Crippen molar-refractivity contribution in [3.05, 3.63) is 58.1 Å². The predicted molar refractivity (Wildman–Crippen MR) is 125 cm³/mol. The average Bonchev–Trinajstić information content (AvgIpc) is 3.17. The first-order valence-corrected chi connectivity index (χ1v) is 11.6. The Labute approximate surface area is 187 Å². The summed E-state index contributed by atoms with van der Waals surface area (Å²) in [6.45, 7) is 8.91. The number of amides is 1. The van der Waals surface area contributed by atoms with Crippen molar-refractivity contribution in [1.29, 1.82) is 0 Å². The van der Waals surface area contributed by atoms with E-state index in [2.05, 4.69) is 41.5 Å². The summed E-state index contributed by atoms with van der Waals surface area (Å²) in [5.41, 5.74) is 5.19. The molecular formula is C23H27ClN4OS. The van der Waals surface area contributed by atoms with Gasteiger partial charge in [-0.25, -0.2) is 0 Å². The minimum Gasteiger partial charge on any atom is -0.325 e. The van der Waals surface area contributed by atoms with Gasteiger partial charge in [0.05, 0.1) is 5.75 Å². The fourth-order valence-corrected chi connectivity index (χ4v) is 4.32. The van der Waals surface area contributed by atoms with Crippen molar-refractivity contribution in [2.45, 2.75) is 52.2 Å². The Morgan fingerprint density at radius 2 is 1.80 bits per heavy atom. The van der Waals surface area contributed by atoms with Gasteiger partial charge in [0.15, 0.2) is 11.0 Å². The van der Waals surface area contributed by atoms with Gasteiger partial charge in [0, 0.05) is 22.8 Å². The van der Waals surface area contributed by atoms with Crippen molar-refractivity contribution in [2.75, 3.05) is 11.1 Å². The SMILES string of the molecule is CCc1cccc(CC)c1NC(=O)CSc1nnc(-c2ccc(C)c(Cl)c2)n1CC. The largest absolute Gasteiger partial charge is 0.325 e. The molecule has 7 heteroatoms. The molecule has 2 aromatic carbocycles. The fraction of sp³-hybridized carbons (Fsp3) is 0.348. The van der Waals surface area contributed by atoms with Crippen LogP contribution in [0.5, 0.6) is 0 Å². The van der Waals surface area contributed by atoms with Crippen LogP contribution in [0.1, 0.15) is 37.5 Å². The molecule has 158 valence electrons. The highest BCUT2D eigenvalue weighted by Gasteiger charge is 2.16. The Kier molecular flexibility index (Phi) is 7.56. The van der Waals surface area contributed by atoms with Gasteiger partial charge in [-0.2, -0.15) is 0 Å². The van der Waals surface area contributed by atoms with E-state index in [-0.39, 0.29) is 11.7 Å². The van der Waals surface area contributed by atoms with E-state index in [1.807, 2.05) is 42.7 Å². The lowest BCUT2D eigenvalue weighted by Crippen LogP contribution is -2.17. The molecule has 0 saturated carbocycles. The maximum Gasteiger partial charge on any atom is 0.234 e. The quantitative estimate of drug-likeness (QED) is 0.449. The molecule has 3 aromatic rings. The number of thioether (sulfide) groups is 1. The van der Waals surface area contributed by atoms with Crippen LogP contribution in [0.25, 0.3) is 11.4 Å². The molecule has 0 aliphatic carbocycles. The van der Waals surface area contributed by atoms with Crippen LogP contribution in [0.2, 0.25) is 5.02 Å². The molecule has 1 N–H and O–H groups in total. The average molecular weight is 443 g/mol. The Morgan fingerprint density at radius 1 is 1.10 bits per heavy atom. The van der Waals surface area contributed by atoms with Crippen molar-refractivity contribution >= 4 is 35.0 Å². The van der Waals surface area contributed by atoms with Gasteiger partial charge >= 0.3 is 0 Å². The number of aryl methyl sites for hydroxylation is 3. The summed E-state index contributed by atoms with van der Waals surface area (Å²) in [5, 5.41) is 13.2. The molecule has 3 rings (SSSR count). The van der Waals surface area contributed by atoms with Crippen LogP contribution < -0.4 is 5.32 Å². The highest BCUT2D eigenvalue weighted by Crippen LogP contribution is 2.28. The molecule has 5 nitrogen and oxygen atoms in total. The number of nitrogens with zero attached hydrogens (tertiary/aromatic N) is 3. The van der Waals surface area contributed by atoms with Gasteiger partial charge in [-0.15, -0.1) is 10.2 Å². The van der Waals surface area contributed by atoms with E-state index in [1.165, 1.54) is 11.8 Å². The zero-order valence-corrected chi connectivity index (χ0v) is 19.4. The number of carbonyl (C=O) groups excluding carboxylic acids is 1. The number of anilines is 1. The monoisotopic (exact) mass is 442 g/mol. The molecule has 0 radical (unpaired) electrons. The van der Waals surface area contributed by atoms with E-state index >= 15 is 0 Å². The molecule has 0 unspecified atom stereocenters. The first kappa shape index (κ1) is 22.4. The van der Waals surface area contributed by atoms with Gasteiger partial charge in [0.1, 0.15) is 0 Å². The molecule has 0 spiro atoms. The summed E-state index contributed by atoms with van der Waals surface area (Å²) in [5.74, 6) is 0.988. The molecule has 0 aliphatic heterocycles. The lowest BCUT2D eigenvalue weighted by atomic mass is 10.0. The molecule has 1 aromatic heterocycles. The van der Waals surface area contributed by atoms with E-state index < -0.39 is 0 Å². The Morgan fingerprint density at radius 3 is 2.40 bits per heavy atom. The third-order valence-corrected chi connectivity index (χ3v) is 6.43. The summed E-state index contributed by atoms with van der Waals surface area (Å²) in [7, 11) is 0. The number of hydrogen-bond donors (Lipinski definition) is 1. The zero-order valence-electron chi connectivity index (χ0n) is 17.8. The summed E-state index contributed by atoms with van der Waals surface area (Å²) in [6.07, 6.45) is 1.76. The first-order valence-electron chi connectivity index (χ1n) is 10.2. The molecule has 0 aliphatic rings. The number of rotatable bonds is 8. The second kappa shape index (κ2) is 10.1. The van der Waals surface area contributed by atoms with Gasteiger partial charge in [-0.1, -0.05) is 67.5 Å². The summed E-state index contributed by atoms with van der Waals surface area (Å²) in [4.78, 5) is 12.7. The predicted octanol–water partition coefficient (Wildman–Crippen LogP) is 5.78. The van der Waals surface area contributed by atoms with E-state index in [9.17, 15) is 4.79 Å². The van der Waals surface area contributed by atoms with E-state index in [1.54, 1.807) is 0 Å². The molecule has 0 fully saturated rings. The topological polar surface area (TPSA) is 59.8 Å². The Hall–Kier alpha value is -2.31. The van der Waals surface area contributed by atoms with E-state index in [0.29, 0.717) is 11.6 Å². The molecule has 30 heavy (non-hydrogen) atoms. The zero-order chi connectivity index (χ0) is 21.7. The number of para-hydroxylation sites is 1. The third-order valence-electron chi connectivity index (χ3n) is 5.06. The number of hydrogen-bond acceptors (Lipinski definition) is 4. The molecule has 0 saturated heterocycles. The Bertz CT molecular complexity index is 1030. The van der Waals surface area contributed by atoms with Crippen LogP contribution in [0.15, 0.2) is 41.6 Å². The number of carbonyl (C=O) groups is 1.